The maximum Gasteiger partial charge on any atom is 0.222 e. The minimum atomic E-state index is -0.198. The lowest BCUT2D eigenvalue weighted by Gasteiger charge is -2.19. The van der Waals surface area contributed by atoms with Gasteiger partial charge in [-0.15, -0.1) is 0 Å². The van der Waals surface area contributed by atoms with Crippen molar-refractivity contribution in [2.75, 3.05) is 160 Å². The summed E-state index contributed by atoms with van der Waals surface area (Å²) in [5.41, 5.74) is 0.838. The Kier molecular flexibility index (Phi) is 97.2. The number of nitrogens with one attached hydrogen (secondary N) is 2. The van der Waals surface area contributed by atoms with Crippen LogP contribution in [0.2, 0.25) is 0 Å². The number of methoxy groups -OCH3 is 2. The quantitative estimate of drug-likeness (QED) is 0.0536. The molecule has 0 atom stereocenters. The molecule has 0 heterocycles. The third-order valence-electron chi connectivity index (χ3n) is 16.3. The molecule has 0 aliphatic rings. The number of carbonyl (C=O) groups is 7. The predicted octanol–water partition coefficient (Wildman–Crippen LogP) is 20.4. The minimum absolute atomic E-state index is 0.0267. The predicted molar refractivity (Wildman–Crippen MR) is 479 cm³/mol. The molecule has 0 aliphatic heterocycles. The first-order chi connectivity index (χ1) is 54.5. The fraction of sp³-hybridized carbons (Fsp3) is 0.926. The Hall–Kier alpha value is -3.23. The van der Waals surface area contributed by atoms with Crippen LogP contribution in [0.5, 0.6) is 0 Å². The summed E-state index contributed by atoms with van der Waals surface area (Å²) in [5, 5.41) is 5.62. The molecule has 0 rings (SSSR count). The van der Waals surface area contributed by atoms with E-state index in [0.717, 1.165) is 175 Å². The van der Waals surface area contributed by atoms with Crippen molar-refractivity contribution in [2.24, 2.45) is 21.7 Å². The molecule has 0 saturated carbocycles. The molecule has 0 saturated heterocycles. The SMILES string of the molecule is CC(C)OCCCC(=O)CCCC(C)(C)C.CCCOCCCCC(=O)CCCOC(C)(C)C.CCCOCCOCCOCCC(=O)NC(C)C.CCOCCCCC(=O)CCCCC(C)(C)C.CCOCCOCCCCC(=O)COC(C)C.COCCNC(=O)CCCCC(C)(C)C.COCCOCCCCC(=O)C(C)(C)C. The van der Waals surface area contributed by atoms with E-state index in [2.05, 4.69) is 86.8 Å². The minimum Gasteiger partial charge on any atom is -0.383 e. The summed E-state index contributed by atoms with van der Waals surface area (Å²) in [6.45, 7) is 66.2. The molecule has 0 radical (unpaired) electrons. The summed E-state index contributed by atoms with van der Waals surface area (Å²) >= 11 is 0. The number of carbonyl (C=O) groups excluding carboxylic acids is 7. The van der Waals surface area contributed by atoms with Gasteiger partial charge in [-0.3, -0.25) is 33.6 Å². The van der Waals surface area contributed by atoms with Gasteiger partial charge < -0.3 is 72.2 Å². The van der Waals surface area contributed by atoms with E-state index in [1.165, 1.54) is 19.3 Å². The van der Waals surface area contributed by atoms with Crippen LogP contribution in [-0.4, -0.2) is 224 Å². The maximum atomic E-state index is 11.6. The summed E-state index contributed by atoms with van der Waals surface area (Å²) < 4.78 is 68.2. The highest BCUT2D eigenvalue weighted by atomic mass is 16.5. The van der Waals surface area contributed by atoms with Crippen molar-refractivity contribution in [3.05, 3.63) is 0 Å². The average Bonchev–Trinajstić information content (AvgIpc) is 0.924. The summed E-state index contributed by atoms with van der Waals surface area (Å²) in [6, 6.07) is 0.184. The van der Waals surface area contributed by atoms with Gasteiger partial charge in [0.05, 0.1) is 83.9 Å². The van der Waals surface area contributed by atoms with E-state index in [1.807, 2.05) is 96.9 Å². The zero-order valence-corrected chi connectivity index (χ0v) is 80.7. The first kappa shape index (κ1) is 126. The lowest BCUT2D eigenvalue weighted by atomic mass is 9.88. The first-order valence-corrected chi connectivity index (χ1v) is 45.1. The van der Waals surface area contributed by atoms with Crippen molar-refractivity contribution < 1.29 is 95.1 Å². The molecule has 0 spiro atoms. The maximum absolute atomic E-state index is 11.6. The van der Waals surface area contributed by atoms with Gasteiger partial charge in [-0.2, -0.15) is 0 Å². The number of unbranched alkanes of at least 4 members (excludes halogenated alkanes) is 6. The second-order valence-electron chi connectivity index (χ2n) is 35.9. The second kappa shape index (κ2) is 89.5. The van der Waals surface area contributed by atoms with Crippen molar-refractivity contribution in [1.82, 2.24) is 10.6 Å². The standard InChI is InChI=1S/C15H30O3.C15H30O2.C14H28O2.C13H27NO4.C13H26O4.C12H25NO2.C12H24O3/c1-5-11-17-12-7-6-9-14(16)10-8-13-18-15(2,3)4;1-5-17-13-9-7-11-14(16)10-6-8-12-15(2,3)4;1-12(2)16-11-7-9-13(15)8-6-10-14(3,4)5;1-4-6-16-8-10-18-11-9-17-7-5-13(15)14-12(2)3;1-4-15-9-10-16-8-6-5-7-13(14)11-17-12(2)3;1-12(2,3)8-6-5-7-11(14)13-9-10-15-4;1-12(2,3)11(13)7-5-6-8-15-10-9-14-4/h5-13H2,1-4H3;5-13H2,1-4H3;12H,6-11H2,1-5H3;12H,4-11H2,1-3H3,(H,14,15);12H,4-11H2,1-3H3;5-10H2,1-4H3,(H,13,14);5-10H2,1-4H3. The second-order valence-corrected chi connectivity index (χ2v) is 35.9. The highest BCUT2D eigenvalue weighted by Crippen LogP contribution is 2.25. The zero-order chi connectivity index (χ0) is 89.6. The molecule has 2 amide bonds. The fourth-order valence-electron chi connectivity index (χ4n) is 9.75. The number of hydrogen-bond donors (Lipinski definition) is 2. The van der Waals surface area contributed by atoms with Gasteiger partial charge in [-0.25, -0.2) is 0 Å². The van der Waals surface area contributed by atoms with E-state index in [-0.39, 0.29) is 53.5 Å². The highest BCUT2D eigenvalue weighted by Gasteiger charge is 2.20. The van der Waals surface area contributed by atoms with Gasteiger partial charge in [0.2, 0.25) is 11.8 Å². The molecule has 0 aromatic carbocycles. The number of hydrogen-bond acceptors (Lipinski definition) is 20. The normalized spacial score (nSPS) is 11.5. The van der Waals surface area contributed by atoms with Gasteiger partial charge >= 0.3 is 0 Å². The Bertz CT molecular complexity index is 2140. The monoisotopic (exact) mass is 1670 g/mol. The third-order valence-corrected chi connectivity index (χ3v) is 16.3. The number of ketones is 5. The van der Waals surface area contributed by atoms with Crippen molar-refractivity contribution in [3.63, 3.8) is 0 Å². The van der Waals surface area contributed by atoms with Crippen LogP contribution in [0.3, 0.4) is 0 Å². The Morgan fingerprint density at radius 1 is 0.302 bits per heavy atom. The van der Waals surface area contributed by atoms with Crippen molar-refractivity contribution >= 4 is 40.7 Å². The summed E-state index contributed by atoms with van der Waals surface area (Å²) in [4.78, 5) is 80.0. The Morgan fingerprint density at radius 3 is 1.06 bits per heavy atom. The van der Waals surface area contributed by atoms with Gasteiger partial charge in [0.1, 0.15) is 29.7 Å². The van der Waals surface area contributed by atoms with E-state index in [9.17, 15) is 33.6 Å². The molecular formula is C94H190N2O20. The largest absolute Gasteiger partial charge is 0.383 e. The Balaban J connectivity index is -0.000000239. The molecule has 2 N–H and O–H groups in total. The topological polar surface area (TPSA) is 264 Å². The molecule has 0 aliphatic carbocycles. The smallest absolute Gasteiger partial charge is 0.222 e. The molecule has 0 aromatic heterocycles. The number of rotatable bonds is 68. The van der Waals surface area contributed by atoms with Gasteiger partial charge in [-0.1, -0.05) is 110 Å². The number of ether oxygens (including phenoxy) is 13. The molecule has 0 bridgehead atoms. The van der Waals surface area contributed by atoms with Gasteiger partial charge in [-0.05, 0) is 208 Å². The lowest BCUT2D eigenvalue weighted by molar-refractivity contribution is -0.126. The lowest BCUT2D eigenvalue weighted by Crippen LogP contribution is -2.30. The van der Waals surface area contributed by atoms with Crippen LogP contribution in [-0.2, 0) is 95.1 Å². The average molecular weight is 1670 g/mol. The summed E-state index contributed by atoms with van der Waals surface area (Å²) in [7, 11) is 3.29. The van der Waals surface area contributed by atoms with Crippen LogP contribution in [0.15, 0.2) is 0 Å². The van der Waals surface area contributed by atoms with Crippen molar-refractivity contribution in [3.8, 4) is 0 Å². The van der Waals surface area contributed by atoms with Crippen LogP contribution >= 0.6 is 0 Å². The Labute approximate surface area is 713 Å². The summed E-state index contributed by atoms with van der Waals surface area (Å²) in [5.74, 6) is 1.84. The molecule has 0 aromatic rings. The highest BCUT2D eigenvalue weighted by molar-refractivity contribution is 5.83. The van der Waals surface area contributed by atoms with E-state index in [0.29, 0.717) is 177 Å². The number of amides is 2. The molecule has 116 heavy (non-hydrogen) atoms. The van der Waals surface area contributed by atoms with Gasteiger partial charge in [0.15, 0.2) is 5.78 Å². The number of Topliss-reactive ketones (excluding diaryl/α,β-unsaturated/α-hetero) is 5. The van der Waals surface area contributed by atoms with E-state index >= 15 is 0 Å². The van der Waals surface area contributed by atoms with Gasteiger partial charge in [0.25, 0.3) is 0 Å². The van der Waals surface area contributed by atoms with E-state index < -0.39 is 0 Å². The Morgan fingerprint density at radius 2 is 0.647 bits per heavy atom. The zero-order valence-electron chi connectivity index (χ0n) is 80.7. The third kappa shape index (κ3) is 131. The van der Waals surface area contributed by atoms with Crippen molar-refractivity contribution in [2.45, 2.75) is 390 Å². The van der Waals surface area contributed by atoms with Crippen LogP contribution in [0, 0.1) is 21.7 Å². The fourth-order valence-corrected chi connectivity index (χ4v) is 9.75. The molecule has 22 heteroatoms. The first-order valence-electron chi connectivity index (χ1n) is 45.1. The van der Waals surface area contributed by atoms with Crippen molar-refractivity contribution in [1.29, 1.82) is 0 Å². The molecule has 0 unspecified atom stereocenters. The van der Waals surface area contributed by atoms with E-state index in [1.54, 1.807) is 14.2 Å². The van der Waals surface area contributed by atoms with Crippen LogP contribution in [0.1, 0.15) is 366 Å². The molecule has 0 fully saturated rings. The molecular weight excluding hydrogens is 1480 g/mol. The van der Waals surface area contributed by atoms with Crippen LogP contribution in [0.4, 0.5) is 0 Å². The van der Waals surface area contributed by atoms with Crippen LogP contribution < -0.4 is 10.6 Å². The summed E-state index contributed by atoms with van der Waals surface area (Å²) in [6.07, 6.45) is 27.2. The van der Waals surface area contributed by atoms with E-state index in [4.69, 9.17) is 61.6 Å². The molecule has 22 nitrogen and oxygen atoms in total. The molecule has 696 valence electrons. The van der Waals surface area contributed by atoms with Gasteiger partial charge in [0, 0.05) is 162 Å². The van der Waals surface area contributed by atoms with Crippen LogP contribution in [0.25, 0.3) is 0 Å².